The normalized spacial score (nSPS) is 17.4. The van der Waals surface area contributed by atoms with Crippen LogP contribution in [0.3, 0.4) is 0 Å². The summed E-state index contributed by atoms with van der Waals surface area (Å²) in [5.41, 5.74) is 7.44. The zero-order valence-electron chi connectivity index (χ0n) is 14.9. The van der Waals surface area contributed by atoms with E-state index < -0.39 is 11.5 Å². The number of carbonyl (C=O) groups is 1. The lowest BCUT2D eigenvalue weighted by Crippen LogP contribution is -2.47. The van der Waals surface area contributed by atoms with Crippen LogP contribution in [0.25, 0.3) is 10.9 Å². The molecule has 1 aromatic heterocycles. The van der Waals surface area contributed by atoms with Gasteiger partial charge in [0, 0.05) is 41.1 Å². The van der Waals surface area contributed by atoms with Crippen molar-refractivity contribution in [2.75, 3.05) is 13.6 Å². The average molecular weight is 364 g/mol. The molecule has 1 aliphatic heterocycles. The van der Waals surface area contributed by atoms with Gasteiger partial charge in [0.05, 0.1) is 6.54 Å². The molecule has 25 heavy (non-hydrogen) atoms. The summed E-state index contributed by atoms with van der Waals surface area (Å²) in [6.07, 6.45) is 2.91. The summed E-state index contributed by atoms with van der Waals surface area (Å²) < 4.78 is 2.08. The number of primary amides is 1. The summed E-state index contributed by atoms with van der Waals surface area (Å²) in [5, 5.41) is 12.7. The van der Waals surface area contributed by atoms with Gasteiger partial charge in [0.15, 0.2) is 5.60 Å². The van der Waals surface area contributed by atoms with Gasteiger partial charge in [-0.1, -0.05) is 31.4 Å². The molecule has 1 aromatic carbocycles. The first-order valence-electron chi connectivity index (χ1n) is 8.86. The number of fused-ring (bicyclic) bond motifs is 3. The highest BCUT2D eigenvalue weighted by molar-refractivity contribution is 6.31. The topological polar surface area (TPSA) is 71.5 Å². The number of nitrogens with zero attached hydrogens (tertiary/aromatic N) is 2. The minimum atomic E-state index is -1.53. The Morgan fingerprint density at radius 3 is 2.88 bits per heavy atom. The Bertz CT molecular complexity index is 802. The van der Waals surface area contributed by atoms with Gasteiger partial charge in [-0.05, 0) is 37.2 Å². The number of halogens is 1. The predicted molar refractivity (Wildman–Crippen MR) is 101 cm³/mol. The molecular formula is C19H26ClN3O2. The van der Waals surface area contributed by atoms with Gasteiger partial charge in [-0.15, -0.1) is 0 Å². The van der Waals surface area contributed by atoms with E-state index in [2.05, 4.69) is 16.5 Å². The highest BCUT2D eigenvalue weighted by atomic mass is 35.5. The summed E-state index contributed by atoms with van der Waals surface area (Å²) in [5.74, 6) is -0.654. The molecule has 1 atom stereocenters. The van der Waals surface area contributed by atoms with Crippen molar-refractivity contribution in [2.45, 2.75) is 51.3 Å². The van der Waals surface area contributed by atoms with Gasteiger partial charge in [0.25, 0.3) is 5.91 Å². The number of carbonyl (C=O) groups excluding carboxylic acids is 1. The lowest BCUT2D eigenvalue weighted by Gasteiger charge is -2.29. The molecule has 1 unspecified atom stereocenters. The molecule has 0 saturated carbocycles. The van der Waals surface area contributed by atoms with Crippen LogP contribution in [0.5, 0.6) is 0 Å². The first-order chi connectivity index (χ1) is 11.9. The summed E-state index contributed by atoms with van der Waals surface area (Å²) >= 11 is 6.21. The smallest absolute Gasteiger partial charge is 0.251 e. The first kappa shape index (κ1) is 18.2. The van der Waals surface area contributed by atoms with E-state index in [1.807, 2.05) is 25.1 Å². The Morgan fingerprint density at radius 2 is 2.20 bits per heavy atom. The van der Waals surface area contributed by atoms with E-state index in [-0.39, 0.29) is 6.54 Å². The quantitative estimate of drug-likeness (QED) is 0.828. The highest BCUT2D eigenvalue weighted by Gasteiger charge is 2.36. The van der Waals surface area contributed by atoms with E-state index in [9.17, 15) is 9.90 Å². The van der Waals surface area contributed by atoms with Crippen molar-refractivity contribution >= 4 is 28.4 Å². The van der Waals surface area contributed by atoms with Crippen LogP contribution in [0.1, 0.15) is 37.4 Å². The molecule has 1 aliphatic rings. The van der Waals surface area contributed by atoms with Gasteiger partial charge in [-0.2, -0.15) is 0 Å². The Kier molecular flexibility index (Phi) is 5.09. The van der Waals surface area contributed by atoms with Crippen molar-refractivity contribution in [3.8, 4) is 0 Å². The largest absolute Gasteiger partial charge is 0.378 e. The minimum absolute atomic E-state index is 0.194. The van der Waals surface area contributed by atoms with E-state index in [1.54, 1.807) is 0 Å². The Labute approximate surface area is 153 Å². The van der Waals surface area contributed by atoms with Gasteiger partial charge in [-0.25, -0.2) is 0 Å². The number of hydrogen-bond acceptors (Lipinski definition) is 3. The molecule has 6 heteroatoms. The Hall–Kier alpha value is -1.56. The highest BCUT2D eigenvalue weighted by Crippen LogP contribution is 2.34. The van der Waals surface area contributed by atoms with Gasteiger partial charge in [-0.3, -0.25) is 4.79 Å². The number of aromatic nitrogens is 1. The van der Waals surface area contributed by atoms with Crippen molar-refractivity contribution in [1.82, 2.24) is 9.47 Å². The molecule has 5 nitrogen and oxygen atoms in total. The number of likely N-dealkylation sites (N-methyl/N-ethyl adjacent to an activating group) is 1. The predicted octanol–water partition coefficient (Wildman–Crippen LogP) is 2.69. The van der Waals surface area contributed by atoms with Crippen LogP contribution < -0.4 is 5.73 Å². The van der Waals surface area contributed by atoms with Crippen LogP contribution in [0.15, 0.2) is 18.2 Å². The zero-order valence-corrected chi connectivity index (χ0v) is 15.6. The minimum Gasteiger partial charge on any atom is -0.378 e. The molecule has 0 spiro atoms. The van der Waals surface area contributed by atoms with Crippen molar-refractivity contribution < 1.29 is 9.90 Å². The zero-order chi connectivity index (χ0) is 18.2. The monoisotopic (exact) mass is 363 g/mol. The number of aliphatic hydroxyl groups is 1. The second-order valence-electron chi connectivity index (χ2n) is 7.16. The van der Waals surface area contributed by atoms with E-state index in [4.69, 9.17) is 17.3 Å². The molecule has 3 rings (SSSR count). The molecule has 0 fully saturated rings. The molecule has 3 N–H and O–H groups in total. The van der Waals surface area contributed by atoms with Crippen LogP contribution in [0.4, 0.5) is 0 Å². The van der Waals surface area contributed by atoms with Crippen LogP contribution in [0.2, 0.25) is 5.02 Å². The third-order valence-corrected chi connectivity index (χ3v) is 5.46. The van der Waals surface area contributed by atoms with E-state index in [0.717, 1.165) is 43.3 Å². The van der Waals surface area contributed by atoms with Crippen molar-refractivity contribution in [3.05, 3.63) is 34.5 Å². The van der Waals surface area contributed by atoms with Crippen LogP contribution >= 0.6 is 11.6 Å². The first-order valence-corrected chi connectivity index (χ1v) is 9.24. The van der Waals surface area contributed by atoms with Crippen LogP contribution in [0, 0.1) is 0 Å². The molecule has 0 radical (unpaired) electrons. The second-order valence-corrected chi connectivity index (χ2v) is 7.60. The summed E-state index contributed by atoms with van der Waals surface area (Å²) in [6.45, 7) is 4.01. The van der Waals surface area contributed by atoms with E-state index in [1.165, 1.54) is 11.3 Å². The number of benzene rings is 1. The number of unbranched alkanes of at least 4 members (excludes halogenated alkanes) is 1. The maximum Gasteiger partial charge on any atom is 0.251 e. The van der Waals surface area contributed by atoms with E-state index in [0.29, 0.717) is 11.4 Å². The SMILES string of the molecule is CCCCC(O)(Cn1c2c(c3cc(Cl)ccc31)CN(C)CC2)C(N)=O. The summed E-state index contributed by atoms with van der Waals surface area (Å²) in [7, 11) is 2.09. The number of hydrogen-bond donors (Lipinski definition) is 2. The van der Waals surface area contributed by atoms with Crippen molar-refractivity contribution in [1.29, 1.82) is 0 Å². The molecule has 0 bridgehead atoms. The second kappa shape index (κ2) is 6.98. The third-order valence-electron chi connectivity index (χ3n) is 5.23. The third kappa shape index (κ3) is 3.41. The van der Waals surface area contributed by atoms with Gasteiger partial charge >= 0.3 is 0 Å². The summed E-state index contributed by atoms with van der Waals surface area (Å²) in [4.78, 5) is 14.3. The maximum absolute atomic E-state index is 12.0. The number of amides is 1. The lowest BCUT2D eigenvalue weighted by molar-refractivity contribution is -0.138. The molecule has 2 heterocycles. The Balaban J connectivity index is 2.11. The average Bonchev–Trinajstić information content (AvgIpc) is 2.85. The molecule has 2 aromatic rings. The maximum atomic E-state index is 12.0. The fraction of sp³-hybridized carbons (Fsp3) is 0.526. The molecule has 1 amide bonds. The van der Waals surface area contributed by atoms with Gasteiger partial charge in [0.1, 0.15) is 0 Å². The van der Waals surface area contributed by atoms with E-state index >= 15 is 0 Å². The van der Waals surface area contributed by atoms with Crippen LogP contribution in [-0.2, 0) is 24.3 Å². The number of rotatable bonds is 6. The summed E-state index contributed by atoms with van der Waals surface area (Å²) in [6, 6.07) is 5.79. The fourth-order valence-electron chi connectivity index (χ4n) is 3.75. The lowest BCUT2D eigenvalue weighted by atomic mass is 9.95. The fourth-order valence-corrected chi connectivity index (χ4v) is 3.92. The molecule has 0 aliphatic carbocycles. The molecule has 0 saturated heterocycles. The molecular weight excluding hydrogens is 338 g/mol. The Morgan fingerprint density at radius 1 is 1.44 bits per heavy atom. The van der Waals surface area contributed by atoms with Gasteiger partial charge in [0.2, 0.25) is 0 Å². The standard InChI is InChI=1S/C19H26ClN3O2/c1-3-4-8-19(25,18(21)24)12-23-16-6-5-13(20)10-14(16)15-11-22(2)9-7-17(15)23/h5-6,10,25H,3-4,7-9,11-12H2,1-2H3,(H2,21,24). The van der Waals surface area contributed by atoms with Crippen molar-refractivity contribution in [2.24, 2.45) is 5.73 Å². The number of nitrogens with two attached hydrogens (primary N) is 1. The van der Waals surface area contributed by atoms with Gasteiger partial charge < -0.3 is 20.3 Å². The molecule has 136 valence electrons. The van der Waals surface area contributed by atoms with Crippen LogP contribution in [-0.4, -0.2) is 39.7 Å². The van der Waals surface area contributed by atoms with Crippen molar-refractivity contribution in [3.63, 3.8) is 0 Å².